The molecule has 1 aromatic heterocycles. The molecule has 19 heavy (non-hydrogen) atoms. The SMILES string of the molecule is CCCc1[nH]nc(C(=O)Nc2ccc(Br)cc2)c1N. The van der Waals surface area contributed by atoms with Crippen LogP contribution in [0.2, 0.25) is 0 Å². The number of aromatic amines is 1. The average molecular weight is 323 g/mol. The van der Waals surface area contributed by atoms with Gasteiger partial charge in [0.05, 0.1) is 11.4 Å². The summed E-state index contributed by atoms with van der Waals surface area (Å²) in [5.41, 5.74) is 8.09. The van der Waals surface area contributed by atoms with Crippen molar-refractivity contribution >= 4 is 33.2 Å². The highest BCUT2D eigenvalue weighted by Crippen LogP contribution is 2.18. The van der Waals surface area contributed by atoms with Gasteiger partial charge in [0.2, 0.25) is 0 Å². The topological polar surface area (TPSA) is 83.8 Å². The highest BCUT2D eigenvalue weighted by atomic mass is 79.9. The molecule has 0 spiro atoms. The van der Waals surface area contributed by atoms with Gasteiger partial charge in [-0.15, -0.1) is 0 Å². The van der Waals surface area contributed by atoms with Crippen molar-refractivity contribution in [1.29, 1.82) is 0 Å². The zero-order chi connectivity index (χ0) is 13.8. The first-order valence-corrected chi connectivity index (χ1v) is 6.80. The summed E-state index contributed by atoms with van der Waals surface area (Å²) in [6.07, 6.45) is 1.73. The summed E-state index contributed by atoms with van der Waals surface area (Å²) in [4.78, 5) is 12.1. The zero-order valence-corrected chi connectivity index (χ0v) is 12.1. The second-order valence-corrected chi connectivity index (χ2v) is 5.09. The number of benzene rings is 1. The Kier molecular flexibility index (Phi) is 4.21. The molecule has 1 aromatic carbocycles. The smallest absolute Gasteiger partial charge is 0.278 e. The lowest BCUT2D eigenvalue weighted by Gasteiger charge is -2.04. The molecule has 0 atom stereocenters. The molecule has 0 aliphatic rings. The fourth-order valence-electron chi connectivity index (χ4n) is 1.72. The van der Waals surface area contributed by atoms with Crippen LogP contribution in [0.1, 0.15) is 29.5 Å². The van der Waals surface area contributed by atoms with Gasteiger partial charge >= 0.3 is 0 Å². The van der Waals surface area contributed by atoms with Crippen molar-refractivity contribution in [1.82, 2.24) is 10.2 Å². The average Bonchev–Trinajstić information content (AvgIpc) is 2.75. The Morgan fingerprint density at radius 1 is 1.42 bits per heavy atom. The molecule has 2 rings (SSSR count). The molecule has 0 unspecified atom stereocenters. The van der Waals surface area contributed by atoms with E-state index in [2.05, 4.69) is 31.4 Å². The maximum absolute atomic E-state index is 12.1. The van der Waals surface area contributed by atoms with Crippen molar-refractivity contribution in [2.24, 2.45) is 0 Å². The fraction of sp³-hybridized carbons (Fsp3) is 0.231. The van der Waals surface area contributed by atoms with Crippen molar-refractivity contribution in [3.63, 3.8) is 0 Å². The molecular formula is C13H15BrN4O. The Morgan fingerprint density at radius 3 is 2.74 bits per heavy atom. The van der Waals surface area contributed by atoms with E-state index in [1.54, 1.807) is 12.1 Å². The lowest BCUT2D eigenvalue weighted by atomic mass is 10.2. The summed E-state index contributed by atoms with van der Waals surface area (Å²) in [5.74, 6) is -0.307. The summed E-state index contributed by atoms with van der Waals surface area (Å²) >= 11 is 3.34. The highest BCUT2D eigenvalue weighted by Gasteiger charge is 2.16. The molecule has 0 radical (unpaired) electrons. The summed E-state index contributed by atoms with van der Waals surface area (Å²) in [6, 6.07) is 7.31. The van der Waals surface area contributed by atoms with Gasteiger partial charge in [-0.2, -0.15) is 5.10 Å². The third kappa shape index (κ3) is 3.14. The lowest BCUT2D eigenvalue weighted by molar-refractivity contribution is 0.102. The van der Waals surface area contributed by atoms with E-state index in [0.29, 0.717) is 11.4 Å². The van der Waals surface area contributed by atoms with Gasteiger partial charge in [0.25, 0.3) is 5.91 Å². The molecule has 1 heterocycles. The van der Waals surface area contributed by atoms with E-state index < -0.39 is 0 Å². The maximum Gasteiger partial charge on any atom is 0.278 e. The van der Waals surface area contributed by atoms with E-state index in [0.717, 1.165) is 23.0 Å². The number of carbonyl (C=O) groups is 1. The number of amides is 1. The molecule has 100 valence electrons. The normalized spacial score (nSPS) is 10.4. The standard InChI is InChI=1S/C13H15BrN4O/c1-2-3-10-11(15)12(18-17-10)13(19)16-9-6-4-8(14)5-7-9/h4-7H,2-3,15H2,1H3,(H,16,19)(H,17,18). The molecule has 0 saturated carbocycles. The van der Waals surface area contributed by atoms with Crippen molar-refractivity contribution < 1.29 is 4.79 Å². The summed E-state index contributed by atoms with van der Waals surface area (Å²) in [7, 11) is 0. The number of rotatable bonds is 4. The van der Waals surface area contributed by atoms with Crippen LogP contribution in [-0.4, -0.2) is 16.1 Å². The number of nitrogens with zero attached hydrogens (tertiary/aromatic N) is 1. The Labute approximate surface area is 119 Å². The molecule has 0 fully saturated rings. The molecule has 5 nitrogen and oxygen atoms in total. The van der Waals surface area contributed by atoms with Gasteiger partial charge < -0.3 is 11.1 Å². The second-order valence-electron chi connectivity index (χ2n) is 4.18. The van der Waals surface area contributed by atoms with E-state index in [1.165, 1.54) is 0 Å². The second kappa shape index (κ2) is 5.88. The Bertz CT molecular complexity index is 577. The third-order valence-corrected chi connectivity index (χ3v) is 3.23. The van der Waals surface area contributed by atoms with E-state index in [9.17, 15) is 4.79 Å². The van der Waals surface area contributed by atoms with Crippen LogP contribution in [0.4, 0.5) is 11.4 Å². The number of aromatic nitrogens is 2. The zero-order valence-electron chi connectivity index (χ0n) is 10.5. The molecule has 0 bridgehead atoms. The molecule has 1 amide bonds. The van der Waals surface area contributed by atoms with Crippen LogP contribution in [0, 0.1) is 0 Å². The van der Waals surface area contributed by atoms with Crippen LogP contribution in [0.25, 0.3) is 0 Å². The Hall–Kier alpha value is -1.82. The summed E-state index contributed by atoms with van der Waals surface area (Å²) < 4.78 is 0.954. The predicted octanol–water partition coefficient (Wildman–Crippen LogP) is 2.96. The number of hydrogen-bond donors (Lipinski definition) is 3. The molecule has 0 saturated heterocycles. The van der Waals surface area contributed by atoms with Gasteiger partial charge in [-0.05, 0) is 30.7 Å². The van der Waals surface area contributed by atoms with Crippen LogP contribution < -0.4 is 11.1 Å². The third-order valence-electron chi connectivity index (χ3n) is 2.70. The van der Waals surface area contributed by atoms with Gasteiger partial charge in [0, 0.05) is 10.2 Å². The minimum Gasteiger partial charge on any atom is -0.395 e. The molecule has 6 heteroatoms. The minimum atomic E-state index is -0.307. The number of H-pyrrole nitrogens is 1. The number of anilines is 2. The molecule has 0 aliphatic carbocycles. The van der Waals surface area contributed by atoms with Crippen LogP contribution in [0.5, 0.6) is 0 Å². The summed E-state index contributed by atoms with van der Waals surface area (Å²) in [5, 5.41) is 9.54. The number of hydrogen-bond acceptors (Lipinski definition) is 3. The van der Waals surface area contributed by atoms with Gasteiger partial charge in [0.1, 0.15) is 0 Å². The van der Waals surface area contributed by atoms with E-state index in [1.807, 2.05) is 19.1 Å². The lowest BCUT2D eigenvalue weighted by Crippen LogP contribution is -2.14. The van der Waals surface area contributed by atoms with Gasteiger partial charge in [-0.1, -0.05) is 29.3 Å². The largest absolute Gasteiger partial charge is 0.395 e. The van der Waals surface area contributed by atoms with E-state index >= 15 is 0 Å². The first-order valence-electron chi connectivity index (χ1n) is 6.01. The monoisotopic (exact) mass is 322 g/mol. The van der Waals surface area contributed by atoms with Crippen molar-refractivity contribution in [2.45, 2.75) is 19.8 Å². The number of nitrogen functional groups attached to an aromatic ring is 1. The molecule has 4 N–H and O–H groups in total. The first kappa shape index (κ1) is 13.6. The number of nitrogens with two attached hydrogens (primary N) is 1. The van der Waals surface area contributed by atoms with Crippen LogP contribution >= 0.6 is 15.9 Å². The van der Waals surface area contributed by atoms with E-state index in [4.69, 9.17) is 5.73 Å². The number of carbonyl (C=O) groups excluding carboxylic acids is 1. The Morgan fingerprint density at radius 2 is 2.11 bits per heavy atom. The van der Waals surface area contributed by atoms with Crippen LogP contribution in [0.3, 0.4) is 0 Å². The van der Waals surface area contributed by atoms with Gasteiger partial charge in [-0.25, -0.2) is 0 Å². The summed E-state index contributed by atoms with van der Waals surface area (Å²) in [6.45, 7) is 2.04. The quantitative estimate of drug-likeness (QED) is 0.809. The van der Waals surface area contributed by atoms with Gasteiger partial charge in [0.15, 0.2) is 5.69 Å². The number of aryl methyl sites for hydroxylation is 1. The van der Waals surface area contributed by atoms with Crippen LogP contribution in [0.15, 0.2) is 28.7 Å². The number of halogens is 1. The number of nitrogens with one attached hydrogen (secondary N) is 2. The fourth-order valence-corrected chi connectivity index (χ4v) is 1.99. The van der Waals surface area contributed by atoms with Crippen LogP contribution in [-0.2, 0) is 6.42 Å². The van der Waals surface area contributed by atoms with Crippen molar-refractivity contribution in [3.05, 3.63) is 40.1 Å². The predicted molar refractivity (Wildman–Crippen MR) is 79.1 cm³/mol. The van der Waals surface area contributed by atoms with E-state index in [-0.39, 0.29) is 11.6 Å². The molecule has 0 aliphatic heterocycles. The first-order chi connectivity index (χ1) is 9.11. The van der Waals surface area contributed by atoms with Crippen molar-refractivity contribution in [2.75, 3.05) is 11.1 Å². The van der Waals surface area contributed by atoms with Gasteiger partial charge in [-0.3, -0.25) is 9.89 Å². The minimum absolute atomic E-state index is 0.242. The maximum atomic E-state index is 12.1. The molecule has 2 aromatic rings. The Balaban J connectivity index is 2.13. The highest BCUT2D eigenvalue weighted by molar-refractivity contribution is 9.10. The van der Waals surface area contributed by atoms with Crippen molar-refractivity contribution in [3.8, 4) is 0 Å². The molecular weight excluding hydrogens is 308 g/mol.